The Balaban J connectivity index is 2.26. The summed E-state index contributed by atoms with van der Waals surface area (Å²) < 4.78 is 5.71. The van der Waals surface area contributed by atoms with E-state index in [1.54, 1.807) is 0 Å². The highest BCUT2D eigenvalue weighted by Gasteiger charge is 2.22. The van der Waals surface area contributed by atoms with Crippen LogP contribution in [0.3, 0.4) is 0 Å². The molecule has 0 radical (unpaired) electrons. The molecule has 1 aliphatic heterocycles. The average Bonchev–Trinajstić information content (AvgIpc) is 2.31. The van der Waals surface area contributed by atoms with Gasteiger partial charge >= 0.3 is 0 Å². The summed E-state index contributed by atoms with van der Waals surface area (Å²) in [5.41, 5.74) is 0. The number of hydrogen-bond donors (Lipinski definition) is 2. The van der Waals surface area contributed by atoms with E-state index in [0.29, 0.717) is 6.04 Å². The molecule has 0 aliphatic carbocycles. The van der Waals surface area contributed by atoms with Crippen molar-refractivity contribution in [1.29, 1.82) is 0 Å². The Morgan fingerprint density at radius 3 is 2.81 bits per heavy atom. The van der Waals surface area contributed by atoms with Crippen LogP contribution in [0.25, 0.3) is 0 Å². The molecule has 1 fully saturated rings. The van der Waals surface area contributed by atoms with Crippen LogP contribution >= 0.6 is 0 Å². The van der Waals surface area contributed by atoms with Gasteiger partial charge in [0.05, 0.1) is 19.3 Å². The number of nitrogens with one attached hydrogen (secondary N) is 1. The van der Waals surface area contributed by atoms with Crippen molar-refractivity contribution in [2.45, 2.75) is 45.4 Å². The molecule has 0 aromatic rings. The fraction of sp³-hybridized carbons (Fsp3) is 1.00. The van der Waals surface area contributed by atoms with Crippen molar-refractivity contribution in [3.63, 3.8) is 0 Å². The number of morpholine rings is 1. The second-order valence-electron chi connectivity index (χ2n) is 4.78. The van der Waals surface area contributed by atoms with Gasteiger partial charge in [0, 0.05) is 31.7 Å². The van der Waals surface area contributed by atoms with E-state index in [1.807, 2.05) is 0 Å². The third-order valence-electron chi connectivity index (χ3n) is 3.25. The lowest BCUT2D eigenvalue weighted by Gasteiger charge is -2.36. The van der Waals surface area contributed by atoms with Gasteiger partial charge in [0.15, 0.2) is 0 Å². The zero-order chi connectivity index (χ0) is 12.0. The lowest BCUT2D eigenvalue weighted by molar-refractivity contribution is -0.0387. The number of aliphatic hydroxyl groups is 1. The van der Waals surface area contributed by atoms with E-state index >= 15 is 0 Å². The first-order valence-corrected chi connectivity index (χ1v) is 6.37. The quantitative estimate of drug-likeness (QED) is 0.696. The Kier molecular flexibility index (Phi) is 6.28. The normalized spacial score (nSPS) is 24.9. The third-order valence-corrected chi connectivity index (χ3v) is 3.25. The van der Waals surface area contributed by atoms with Gasteiger partial charge in [-0.3, -0.25) is 4.90 Å². The molecule has 1 aliphatic rings. The van der Waals surface area contributed by atoms with Crippen molar-refractivity contribution in [3.05, 3.63) is 0 Å². The zero-order valence-corrected chi connectivity index (χ0v) is 10.8. The monoisotopic (exact) mass is 230 g/mol. The number of nitrogens with zero attached hydrogens (tertiary/aromatic N) is 1. The summed E-state index contributed by atoms with van der Waals surface area (Å²) in [5.74, 6) is 0. The summed E-state index contributed by atoms with van der Waals surface area (Å²) in [7, 11) is 0. The highest BCUT2D eigenvalue weighted by molar-refractivity contribution is 4.77. The summed E-state index contributed by atoms with van der Waals surface area (Å²) in [4.78, 5) is 2.44. The van der Waals surface area contributed by atoms with E-state index in [-0.39, 0.29) is 18.8 Å². The molecule has 0 aromatic heterocycles. The van der Waals surface area contributed by atoms with Gasteiger partial charge in [0.2, 0.25) is 0 Å². The second kappa shape index (κ2) is 7.22. The van der Waals surface area contributed by atoms with Crippen LogP contribution < -0.4 is 5.32 Å². The van der Waals surface area contributed by atoms with Crippen LogP contribution in [-0.2, 0) is 4.74 Å². The molecule has 16 heavy (non-hydrogen) atoms. The molecule has 1 rings (SSSR count). The number of ether oxygens (including phenoxy) is 1. The van der Waals surface area contributed by atoms with Gasteiger partial charge < -0.3 is 15.2 Å². The van der Waals surface area contributed by atoms with Crippen LogP contribution in [0.1, 0.15) is 27.2 Å². The number of rotatable bonds is 6. The van der Waals surface area contributed by atoms with Gasteiger partial charge in [-0.05, 0) is 20.3 Å². The molecule has 0 saturated carbocycles. The summed E-state index contributed by atoms with van der Waals surface area (Å²) in [5, 5.41) is 12.4. The largest absolute Gasteiger partial charge is 0.395 e. The first kappa shape index (κ1) is 13.9. The van der Waals surface area contributed by atoms with E-state index in [9.17, 15) is 0 Å². The summed E-state index contributed by atoms with van der Waals surface area (Å²) in [6.07, 6.45) is 1.22. The van der Waals surface area contributed by atoms with Crippen LogP contribution in [0.15, 0.2) is 0 Å². The predicted octanol–water partition coefficient (Wildman–Crippen LogP) is 0.456. The molecule has 2 unspecified atom stereocenters. The Morgan fingerprint density at radius 1 is 1.50 bits per heavy atom. The van der Waals surface area contributed by atoms with Crippen LogP contribution in [-0.4, -0.2) is 61.0 Å². The number of hydrogen-bond acceptors (Lipinski definition) is 4. The lowest BCUT2D eigenvalue weighted by atomic mass is 10.2. The van der Waals surface area contributed by atoms with Gasteiger partial charge in [-0.25, -0.2) is 0 Å². The maximum Gasteiger partial charge on any atom is 0.0826 e. The van der Waals surface area contributed by atoms with Crippen LogP contribution in [0, 0.1) is 0 Å². The summed E-state index contributed by atoms with van der Waals surface area (Å²) in [6.45, 7) is 10.4. The van der Waals surface area contributed by atoms with Crippen molar-refractivity contribution in [2.75, 3.05) is 32.8 Å². The minimum Gasteiger partial charge on any atom is -0.395 e. The minimum absolute atomic E-state index is 0.205. The van der Waals surface area contributed by atoms with Gasteiger partial charge in [0.25, 0.3) is 0 Å². The SMILES string of the molecule is CCC(CO)NCC1CN(C(C)C)CCO1. The second-order valence-corrected chi connectivity index (χ2v) is 4.78. The van der Waals surface area contributed by atoms with E-state index in [2.05, 4.69) is 31.0 Å². The molecule has 1 saturated heterocycles. The molecule has 4 heteroatoms. The minimum atomic E-state index is 0.205. The van der Waals surface area contributed by atoms with Crippen LogP contribution in [0.5, 0.6) is 0 Å². The molecule has 4 nitrogen and oxygen atoms in total. The van der Waals surface area contributed by atoms with E-state index < -0.39 is 0 Å². The molecule has 2 atom stereocenters. The molecule has 0 amide bonds. The number of aliphatic hydroxyl groups excluding tert-OH is 1. The van der Waals surface area contributed by atoms with E-state index in [1.165, 1.54) is 0 Å². The smallest absolute Gasteiger partial charge is 0.0826 e. The molecule has 2 N–H and O–H groups in total. The lowest BCUT2D eigenvalue weighted by Crippen LogP contribution is -2.50. The van der Waals surface area contributed by atoms with Crippen molar-refractivity contribution in [2.24, 2.45) is 0 Å². The fourth-order valence-corrected chi connectivity index (χ4v) is 1.97. The predicted molar refractivity (Wildman–Crippen MR) is 65.6 cm³/mol. The first-order valence-electron chi connectivity index (χ1n) is 6.37. The molecular formula is C12H26N2O2. The van der Waals surface area contributed by atoms with Crippen LogP contribution in [0.4, 0.5) is 0 Å². The molecule has 0 spiro atoms. The highest BCUT2D eigenvalue weighted by Crippen LogP contribution is 2.08. The van der Waals surface area contributed by atoms with Gasteiger partial charge in [-0.1, -0.05) is 6.92 Å². The van der Waals surface area contributed by atoms with E-state index in [4.69, 9.17) is 9.84 Å². The molecule has 0 aromatic carbocycles. The van der Waals surface area contributed by atoms with Crippen molar-refractivity contribution < 1.29 is 9.84 Å². The molecule has 0 bridgehead atoms. The summed E-state index contributed by atoms with van der Waals surface area (Å²) in [6, 6.07) is 0.796. The molecule has 1 heterocycles. The van der Waals surface area contributed by atoms with Gasteiger partial charge in [-0.2, -0.15) is 0 Å². The Hall–Kier alpha value is -0.160. The van der Waals surface area contributed by atoms with Gasteiger partial charge in [-0.15, -0.1) is 0 Å². The highest BCUT2D eigenvalue weighted by atomic mass is 16.5. The zero-order valence-electron chi connectivity index (χ0n) is 10.8. The summed E-state index contributed by atoms with van der Waals surface area (Å²) >= 11 is 0. The first-order chi connectivity index (χ1) is 7.67. The van der Waals surface area contributed by atoms with Crippen LogP contribution in [0.2, 0.25) is 0 Å². The van der Waals surface area contributed by atoms with Crippen molar-refractivity contribution >= 4 is 0 Å². The molecule has 96 valence electrons. The van der Waals surface area contributed by atoms with Crippen molar-refractivity contribution in [1.82, 2.24) is 10.2 Å². The Morgan fingerprint density at radius 2 is 2.25 bits per heavy atom. The van der Waals surface area contributed by atoms with E-state index in [0.717, 1.165) is 32.7 Å². The Bertz CT molecular complexity index is 184. The third kappa shape index (κ3) is 4.37. The van der Waals surface area contributed by atoms with Crippen molar-refractivity contribution in [3.8, 4) is 0 Å². The standard InChI is InChI=1S/C12H26N2O2/c1-4-11(9-15)13-7-12-8-14(10(2)3)5-6-16-12/h10-13,15H,4-9H2,1-3H3. The fourth-order valence-electron chi connectivity index (χ4n) is 1.97. The maximum absolute atomic E-state index is 9.08. The Labute approximate surface area is 99.0 Å². The maximum atomic E-state index is 9.08. The molecular weight excluding hydrogens is 204 g/mol. The topological polar surface area (TPSA) is 44.7 Å². The average molecular weight is 230 g/mol. The van der Waals surface area contributed by atoms with Gasteiger partial charge in [0.1, 0.15) is 0 Å².